The molecule has 1 amide bonds. The van der Waals surface area contributed by atoms with Crippen molar-refractivity contribution in [2.24, 2.45) is 5.92 Å². The van der Waals surface area contributed by atoms with Gasteiger partial charge in [0, 0.05) is 18.7 Å². The molecule has 1 fully saturated rings. The second kappa shape index (κ2) is 6.54. The van der Waals surface area contributed by atoms with Gasteiger partial charge in [-0.15, -0.1) is 0 Å². The maximum atomic E-state index is 11.9. The van der Waals surface area contributed by atoms with Gasteiger partial charge in [-0.05, 0) is 32.1 Å². The van der Waals surface area contributed by atoms with Crippen LogP contribution in [0.4, 0.5) is 5.69 Å². The van der Waals surface area contributed by atoms with E-state index in [1.807, 2.05) is 13.8 Å². The standard InChI is InChI=1S/C14H22N4O2/c1-3-10(2)17-13(19)9-18-14(20)6-12(8-16-18)15-7-11-4-5-11/h6,8,10-11,15H,3-5,7,9H2,1-2H3,(H,17,19). The van der Waals surface area contributed by atoms with Gasteiger partial charge in [-0.3, -0.25) is 9.59 Å². The molecule has 0 spiro atoms. The molecule has 1 unspecified atom stereocenters. The highest BCUT2D eigenvalue weighted by atomic mass is 16.2. The Balaban J connectivity index is 1.91. The van der Waals surface area contributed by atoms with Gasteiger partial charge >= 0.3 is 0 Å². The van der Waals surface area contributed by atoms with Crippen molar-refractivity contribution in [3.05, 3.63) is 22.6 Å². The normalized spacial score (nSPS) is 15.7. The van der Waals surface area contributed by atoms with Gasteiger partial charge in [0.2, 0.25) is 5.91 Å². The van der Waals surface area contributed by atoms with Crippen molar-refractivity contribution in [2.75, 3.05) is 11.9 Å². The summed E-state index contributed by atoms with van der Waals surface area (Å²) in [4.78, 5) is 23.6. The molecule has 6 nitrogen and oxygen atoms in total. The van der Waals surface area contributed by atoms with Crippen LogP contribution in [0.2, 0.25) is 0 Å². The summed E-state index contributed by atoms with van der Waals surface area (Å²) in [5.41, 5.74) is 0.464. The van der Waals surface area contributed by atoms with E-state index in [2.05, 4.69) is 15.7 Å². The predicted molar refractivity (Wildman–Crippen MR) is 77.6 cm³/mol. The minimum Gasteiger partial charge on any atom is -0.383 e. The van der Waals surface area contributed by atoms with Crippen LogP contribution in [-0.2, 0) is 11.3 Å². The Morgan fingerprint density at radius 1 is 1.55 bits per heavy atom. The molecule has 1 saturated carbocycles. The van der Waals surface area contributed by atoms with Gasteiger partial charge in [0.25, 0.3) is 5.56 Å². The first-order valence-electron chi connectivity index (χ1n) is 7.19. The van der Waals surface area contributed by atoms with E-state index in [1.165, 1.54) is 23.6 Å². The van der Waals surface area contributed by atoms with Crippen molar-refractivity contribution in [2.45, 2.75) is 45.7 Å². The van der Waals surface area contributed by atoms with Crippen LogP contribution < -0.4 is 16.2 Å². The van der Waals surface area contributed by atoms with Crippen LogP contribution in [0.1, 0.15) is 33.1 Å². The van der Waals surface area contributed by atoms with Crippen molar-refractivity contribution in [3.63, 3.8) is 0 Å². The summed E-state index contributed by atoms with van der Waals surface area (Å²) in [6.07, 6.45) is 4.97. The summed E-state index contributed by atoms with van der Waals surface area (Å²) in [7, 11) is 0. The Bertz CT molecular complexity index is 522. The molecule has 1 aromatic rings. The van der Waals surface area contributed by atoms with E-state index in [-0.39, 0.29) is 24.1 Å². The monoisotopic (exact) mass is 278 g/mol. The zero-order valence-corrected chi connectivity index (χ0v) is 12.1. The summed E-state index contributed by atoms with van der Waals surface area (Å²) in [5.74, 6) is 0.548. The van der Waals surface area contributed by atoms with Crippen LogP contribution in [0.25, 0.3) is 0 Å². The summed E-state index contributed by atoms with van der Waals surface area (Å²) in [6.45, 7) is 4.78. The van der Waals surface area contributed by atoms with E-state index in [0.29, 0.717) is 0 Å². The first kappa shape index (κ1) is 14.6. The minimum absolute atomic E-state index is 0.0356. The summed E-state index contributed by atoms with van der Waals surface area (Å²) >= 11 is 0. The molecule has 1 aliphatic carbocycles. The second-order valence-electron chi connectivity index (χ2n) is 5.44. The topological polar surface area (TPSA) is 76.0 Å². The molecule has 110 valence electrons. The SMILES string of the molecule is CCC(C)NC(=O)Cn1ncc(NCC2CC2)cc1=O. The molecule has 1 aromatic heterocycles. The molecule has 20 heavy (non-hydrogen) atoms. The van der Waals surface area contributed by atoms with E-state index < -0.39 is 0 Å². The van der Waals surface area contributed by atoms with Gasteiger partial charge in [0.1, 0.15) is 6.54 Å². The summed E-state index contributed by atoms with van der Waals surface area (Å²) in [6, 6.07) is 1.60. The fourth-order valence-electron chi connectivity index (χ4n) is 1.79. The molecule has 0 aromatic carbocycles. The zero-order chi connectivity index (χ0) is 14.5. The first-order chi connectivity index (χ1) is 9.58. The number of carbonyl (C=O) groups is 1. The van der Waals surface area contributed by atoms with Crippen LogP contribution >= 0.6 is 0 Å². The number of hydrogen-bond acceptors (Lipinski definition) is 4. The van der Waals surface area contributed by atoms with Gasteiger partial charge in [0.15, 0.2) is 0 Å². The average molecular weight is 278 g/mol. The Labute approximate surface area is 118 Å². The van der Waals surface area contributed by atoms with E-state index in [0.717, 1.165) is 24.6 Å². The van der Waals surface area contributed by atoms with E-state index in [4.69, 9.17) is 0 Å². The molecule has 6 heteroatoms. The van der Waals surface area contributed by atoms with Crippen LogP contribution in [-0.4, -0.2) is 28.3 Å². The van der Waals surface area contributed by atoms with Crippen LogP contribution in [0, 0.1) is 5.92 Å². The van der Waals surface area contributed by atoms with Gasteiger partial charge in [-0.25, -0.2) is 4.68 Å². The molecule has 0 aliphatic heterocycles. The predicted octanol–water partition coefficient (Wildman–Crippen LogP) is 0.980. The molecule has 0 saturated heterocycles. The van der Waals surface area contributed by atoms with Gasteiger partial charge in [-0.1, -0.05) is 6.92 Å². The van der Waals surface area contributed by atoms with Crippen molar-refractivity contribution in [1.82, 2.24) is 15.1 Å². The largest absolute Gasteiger partial charge is 0.383 e. The molecule has 0 bridgehead atoms. The lowest BCUT2D eigenvalue weighted by Crippen LogP contribution is -2.37. The number of amides is 1. The highest BCUT2D eigenvalue weighted by molar-refractivity contribution is 5.75. The van der Waals surface area contributed by atoms with Crippen molar-refractivity contribution < 1.29 is 4.79 Å². The highest BCUT2D eigenvalue weighted by Gasteiger charge is 2.20. The van der Waals surface area contributed by atoms with Crippen LogP contribution in [0.3, 0.4) is 0 Å². The van der Waals surface area contributed by atoms with Gasteiger partial charge < -0.3 is 10.6 Å². The molecule has 2 N–H and O–H groups in total. The molecular formula is C14H22N4O2. The third kappa shape index (κ3) is 4.36. The van der Waals surface area contributed by atoms with E-state index in [9.17, 15) is 9.59 Å². The zero-order valence-electron chi connectivity index (χ0n) is 12.1. The third-order valence-electron chi connectivity index (χ3n) is 3.47. The van der Waals surface area contributed by atoms with E-state index in [1.54, 1.807) is 6.20 Å². The second-order valence-corrected chi connectivity index (χ2v) is 5.44. The molecule has 2 rings (SSSR count). The lowest BCUT2D eigenvalue weighted by atomic mass is 10.2. The van der Waals surface area contributed by atoms with Crippen molar-refractivity contribution in [1.29, 1.82) is 0 Å². The van der Waals surface area contributed by atoms with Crippen LogP contribution in [0.15, 0.2) is 17.1 Å². The number of carbonyl (C=O) groups excluding carboxylic acids is 1. The highest BCUT2D eigenvalue weighted by Crippen LogP contribution is 2.28. The Kier molecular flexibility index (Phi) is 4.76. The smallest absolute Gasteiger partial charge is 0.269 e. The maximum Gasteiger partial charge on any atom is 0.269 e. The third-order valence-corrected chi connectivity index (χ3v) is 3.47. The molecular weight excluding hydrogens is 256 g/mol. The molecule has 1 aliphatic rings. The lowest BCUT2D eigenvalue weighted by Gasteiger charge is -2.12. The quantitative estimate of drug-likeness (QED) is 0.779. The van der Waals surface area contributed by atoms with Crippen LogP contribution in [0.5, 0.6) is 0 Å². The fraction of sp³-hybridized carbons (Fsp3) is 0.643. The minimum atomic E-state index is -0.259. The number of nitrogens with one attached hydrogen (secondary N) is 2. The molecule has 1 atom stereocenters. The number of aromatic nitrogens is 2. The first-order valence-corrected chi connectivity index (χ1v) is 7.19. The molecule has 1 heterocycles. The van der Waals surface area contributed by atoms with Crippen molar-refractivity contribution in [3.8, 4) is 0 Å². The number of nitrogens with zero attached hydrogens (tertiary/aromatic N) is 2. The molecule has 0 radical (unpaired) electrons. The lowest BCUT2D eigenvalue weighted by molar-refractivity contribution is -0.122. The fourth-order valence-corrected chi connectivity index (χ4v) is 1.79. The Hall–Kier alpha value is -1.85. The van der Waals surface area contributed by atoms with Crippen molar-refractivity contribution >= 4 is 11.6 Å². The summed E-state index contributed by atoms with van der Waals surface area (Å²) < 4.78 is 1.18. The average Bonchev–Trinajstić information content (AvgIpc) is 3.23. The summed E-state index contributed by atoms with van der Waals surface area (Å²) in [5, 5.41) is 10.0. The number of hydrogen-bond donors (Lipinski definition) is 2. The van der Waals surface area contributed by atoms with Gasteiger partial charge in [-0.2, -0.15) is 5.10 Å². The number of rotatable bonds is 7. The Morgan fingerprint density at radius 2 is 2.30 bits per heavy atom. The van der Waals surface area contributed by atoms with E-state index >= 15 is 0 Å². The Morgan fingerprint density at radius 3 is 2.90 bits per heavy atom. The maximum absolute atomic E-state index is 11.9. The number of anilines is 1. The van der Waals surface area contributed by atoms with Gasteiger partial charge in [0.05, 0.1) is 11.9 Å².